The Morgan fingerprint density at radius 3 is 2.48 bits per heavy atom. The van der Waals surface area contributed by atoms with Gasteiger partial charge in [0.05, 0.1) is 0 Å². The van der Waals surface area contributed by atoms with Crippen LogP contribution in [0.2, 0.25) is 0 Å². The minimum Gasteiger partial charge on any atom is -0.343 e. The van der Waals surface area contributed by atoms with Gasteiger partial charge >= 0.3 is 0 Å². The van der Waals surface area contributed by atoms with Crippen molar-refractivity contribution in [2.45, 2.75) is 44.9 Å². The number of benzene rings is 1. The summed E-state index contributed by atoms with van der Waals surface area (Å²) in [6.07, 6.45) is 7.23. The number of carbonyl (C=O) groups excluding carboxylic acids is 1. The predicted octanol–water partition coefficient (Wildman–Crippen LogP) is 2.99. The monoisotopic (exact) mass is 288 g/mol. The van der Waals surface area contributed by atoms with E-state index in [0.717, 1.165) is 64.1 Å². The lowest BCUT2D eigenvalue weighted by atomic mass is 9.90. The van der Waals surface area contributed by atoms with E-state index in [1.807, 2.05) is 0 Å². The Morgan fingerprint density at radius 2 is 1.81 bits per heavy atom. The Balaban J connectivity index is 1.67. The van der Waals surface area contributed by atoms with E-state index >= 15 is 0 Å². The fourth-order valence-corrected chi connectivity index (χ4v) is 3.09. The van der Waals surface area contributed by atoms with Crippen molar-refractivity contribution in [1.29, 1.82) is 0 Å². The van der Waals surface area contributed by atoms with E-state index in [4.69, 9.17) is 5.73 Å². The van der Waals surface area contributed by atoms with Crippen LogP contribution in [-0.4, -0.2) is 30.4 Å². The molecule has 1 saturated heterocycles. The molecule has 1 fully saturated rings. The molecule has 1 aliphatic heterocycles. The van der Waals surface area contributed by atoms with Gasteiger partial charge in [0, 0.05) is 19.5 Å². The molecule has 1 aromatic carbocycles. The van der Waals surface area contributed by atoms with E-state index in [1.165, 1.54) is 5.56 Å². The van der Waals surface area contributed by atoms with Gasteiger partial charge in [0.2, 0.25) is 5.91 Å². The molecule has 0 unspecified atom stereocenters. The molecule has 21 heavy (non-hydrogen) atoms. The van der Waals surface area contributed by atoms with Crippen molar-refractivity contribution in [3.63, 3.8) is 0 Å². The molecule has 1 aliphatic rings. The first kappa shape index (κ1) is 16.0. The topological polar surface area (TPSA) is 46.3 Å². The van der Waals surface area contributed by atoms with E-state index < -0.39 is 0 Å². The molecular formula is C18H28N2O. The van der Waals surface area contributed by atoms with Crippen molar-refractivity contribution in [3.05, 3.63) is 35.9 Å². The minimum absolute atomic E-state index is 0.338. The summed E-state index contributed by atoms with van der Waals surface area (Å²) in [6, 6.07) is 10.7. The summed E-state index contributed by atoms with van der Waals surface area (Å²) < 4.78 is 0. The summed E-state index contributed by atoms with van der Waals surface area (Å²) in [5, 5.41) is 0. The van der Waals surface area contributed by atoms with Gasteiger partial charge in [-0.1, -0.05) is 36.8 Å². The summed E-state index contributed by atoms with van der Waals surface area (Å²) in [7, 11) is 0. The number of rotatable bonds is 7. The predicted molar refractivity (Wildman–Crippen MR) is 87.0 cm³/mol. The van der Waals surface area contributed by atoms with Crippen LogP contribution in [0.1, 0.15) is 44.1 Å². The molecule has 116 valence electrons. The van der Waals surface area contributed by atoms with Gasteiger partial charge in [-0.3, -0.25) is 4.79 Å². The molecule has 2 rings (SSSR count). The highest BCUT2D eigenvalue weighted by atomic mass is 16.2. The van der Waals surface area contributed by atoms with Crippen LogP contribution in [0.15, 0.2) is 30.3 Å². The van der Waals surface area contributed by atoms with Crippen LogP contribution < -0.4 is 5.73 Å². The quantitative estimate of drug-likeness (QED) is 0.784. The SMILES string of the molecule is NCCCCCC(=O)N1CCC(Cc2ccccc2)CC1. The van der Waals surface area contributed by atoms with Gasteiger partial charge in [-0.25, -0.2) is 0 Å². The molecule has 1 aromatic rings. The molecule has 0 radical (unpaired) electrons. The van der Waals surface area contributed by atoms with Crippen molar-refractivity contribution in [2.24, 2.45) is 11.7 Å². The molecule has 3 nitrogen and oxygen atoms in total. The van der Waals surface area contributed by atoms with Gasteiger partial charge in [0.25, 0.3) is 0 Å². The van der Waals surface area contributed by atoms with Gasteiger partial charge in [-0.2, -0.15) is 0 Å². The first-order chi connectivity index (χ1) is 10.3. The molecule has 3 heteroatoms. The van der Waals surface area contributed by atoms with Crippen molar-refractivity contribution in [2.75, 3.05) is 19.6 Å². The molecule has 0 atom stereocenters. The van der Waals surface area contributed by atoms with Crippen molar-refractivity contribution in [1.82, 2.24) is 4.90 Å². The summed E-state index contributed by atoms with van der Waals surface area (Å²) in [5.74, 6) is 1.07. The van der Waals surface area contributed by atoms with Crippen molar-refractivity contribution in [3.8, 4) is 0 Å². The highest BCUT2D eigenvalue weighted by Gasteiger charge is 2.22. The average molecular weight is 288 g/mol. The van der Waals surface area contributed by atoms with Gasteiger partial charge in [-0.15, -0.1) is 0 Å². The molecule has 0 aromatic heterocycles. The van der Waals surface area contributed by atoms with Crippen molar-refractivity contribution < 1.29 is 4.79 Å². The number of unbranched alkanes of at least 4 members (excludes halogenated alkanes) is 2. The largest absolute Gasteiger partial charge is 0.343 e. The van der Waals surface area contributed by atoms with Crippen LogP contribution in [0, 0.1) is 5.92 Å². The maximum Gasteiger partial charge on any atom is 0.222 e. The van der Waals surface area contributed by atoms with E-state index in [0.29, 0.717) is 12.3 Å². The maximum atomic E-state index is 12.1. The number of nitrogens with zero attached hydrogens (tertiary/aromatic N) is 1. The zero-order chi connectivity index (χ0) is 14.9. The van der Waals surface area contributed by atoms with Crippen LogP contribution in [0.5, 0.6) is 0 Å². The highest BCUT2D eigenvalue weighted by Crippen LogP contribution is 2.22. The number of piperidine rings is 1. The first-order valence-electron chi connectivity index (χ1n) is 8.31. The lowest BCUT2D eigenvalue weighted by Gasteiger charge is -2.32. The Labute approximate surface area is 128 Å². The standard InChI is InChI=1S/C18H28N2O/c19-12-6-2-5-9-18(21)20-13-10-17(11-14-20)15-16-7-3-1-4-8-16/h1,3-4,7-8,17H,2,5-6,9-15,19H2. The van der Waals surface area contributed by atoms with E-state index in [2.05, 4.69) is 35.2 Å². The van der Waals surface area contributed by atoms with E-state index in [-0.39, 0.29) is 0 Å². The normalized spacial score (nSPS) is 16.1. The summed E-state index contributed by atoms with van der Waals surface area (Å²) >= 11 is 0. The highest BCUT2D eigenvalue weighted by molar-refractivity contribution is 5.76. The lowest BCUT2D eigenvalue weighted by Crippen LogP contribution is -2.38. The third-order valence-corrected chi connectivity index (χ3v) is 4.43. The van der Waals surface area contributed by atoms with E-state index in [9.17, 15) is 4.79 Å². The minimum atomic E-state index is 0.338. The fraction of sp³-hybridized carbons (Fsp3) is 0.611. The first-order valence-corrected chi connectivity index (χ1v) is 8.31. The third kappa shape index (κ3) is 5.50. The zero-order valence-electron chi connectivity index (χ0n) is 13.0. The van der Waals surface area contributed by atoms with Gasteiger partial charge in [-0.05, 0) is 50.1 Å². The number of carbonyl (C=O) groups is 1. The van der Waals surface area contributed by atoms with Crippen LogP contribution in [0.25, 0.3) is 0 Å². The molecule has 0 saturated carbocycles. The second-order valence-electron chi connectivity index (χ2n) is 6.11. The maximum absolute atomic E-state index is 12.1. The molecule has 0 aliphatic carbocycles. The Bertz CT molecular complexity index is 410. The van der Waals surface area contributed by atoms with Crippen LogP contribution in [0.3, 0.4) is 0 Å². The number of likely N-dealkylation sites (tertiary alicyclic amines) is 1. The molecular weight excluding hydrogens is 260 g/mol. The fourth-order valence-electron chi connectivity index (χ4n) is 3.09. The summed E-state index contributed by atoms with van der Waals surface area (Å²) in [6.45, 7) is 2.61. The summed E-state index contributed by atoms with van der Waals surface area (Å²) in [5.41, 5.74) is 6.89. The summed E-state index contributed by atoms with van der Waals surface area (Å²) in [4.78, 5) is 14.2. The number of hydrogen-bond donors (Lipinski definition) is 1. The van der Waals surface area contributed by atoms with Crippen molar-refractivity contribution >= 4 is 5.91 Å². The Hall–Kier alpha value is -1.35. The average Bonchev–Trinajstić information content (AvgIpc) is 2.53. The Kier molecular flexibility index (Phi) is 6.74. The van der Waals surface area contributed by atoms with Gasteiger partial charge in [0.1, 0.15) is 0 Å². The lowest BCUT2D eigenvalue weighted by molar-refractivity contribution is -0.132. The van der Waals surface area contributed by atoms with Crippen LogP contribution in [-0.2, 0) is 11.2 Å². The van der Waals surface area contributed by atoms with Crippen LogP contribution in [0.4, 0.5) is 0 Å². The second-order valence-corrected chi connectivity index (χ2v) is 6.11. The number of amides is 1. The molecule has 0 spiro atoms. The van der Waals surface area contributed by atoms with Gasteiger partial charge < -0.3 is 10.6 Å². The number of nitrogens with two attached hydrogens (primary N) is 1. The van der Waals surface area contributed by atoms with Gasteiger partial charge in [0.15, 0.2) is 0 Å². The molecule has 1 amide bonds. The van der Waals surface area contributed by atoms with Crippen LogP contribution >= 0.6 is 0 Å². The molecule has 1 heterocycles. The Morgan fingerprint density at radius 1 is 1.10 bits per heavy atom. The third-order valence-electron chi connectivity index (χ3n) is 4.43. The number of hydrogen-bond acceptors (Lipinski definition) is 2. The smallest absolute Gasteiger partial charge is 0.222 e. The van der Waals surface area contributed by atoms with E-state index in [1.54, 1.807) is 0 Å². The molecule has 2 N–H and O–H groups in total. The molecule has 0 bridgehead atoms. The second kappa shape index (κ2) is 8.83. The zero-order valence-corrected chi connectivity index (χ0v) is 13.0.